The minimum Gasteiger partial charge on any atom is -0.236 e. The first kappa shape index (κ1) is 30.1. The SMILES string of the molecule is CC(C)C[n+]1ccn(C(F)(F)C(F)(F)C(F)(F)C(F)(F)C(F)(F)C(F)(F)C(F)(F)C(F)(F)F)c1. The fourth-order valence-electron chi connectivity index (χ4n) is 2.41. The van der Waals surface area contributed by atoms with Gasteiger partial charge in [-0.05, 0) is 5.92 Å². The minimum absolute atomic E-state index is 0.0906. The van der Waals surface area contributed by atoms with E-state index in [0.717, 1.165) is 0 Å². The van der Waals surface area contributed by atoms with Gasteiger partial charge in [-0.1, -0.05) is 13.8 Å². The van der Waals surface area contributed by atoms with Crippen molar-refractivity contribution in [1.29, 1.82) is 0 Å². The van der Waals surface area contributed by atoms with E-state index in [2.05, 4.69) is 0 Å². The van der Waals surface area contributed by atoms with Gasteiger partial charge >= 0.3 is 47.8 Å². The Morgan fingerprint density at radius 1 is 0.588 bits per heavy atom. The molecule has 200 valence electrons. The summed E-state index contributed by atoms with van der Waals surface area (Å²) in [6, 6.07) is -6.61. The summed E-state index contributed by atoms with van der Waals surface area (Å²) < 4.78 is 225. The lowest BCUT2D eigenvalue weighted by Crippen LogP contribution is -2.74. The molecule has 1 aromatic heterocycles. The second kappa shape index (κ2) is 8.03. The molecule has 0 radical (unpaired) electrons. The highest BCUT2D eigenvalue weighted by atomic mass is 19.4. The lowest BCUT2D eigenvalue weighted by Gasteiger charge is -2.42. The van der Waals surface area contributed by atoms with Crippen LogP contribution in [0, 0.1) is 5.92 Å². The van der Waals surface area contributed by atoms with Gasteiger partial charge in [0.2, 0.25) is 6.33 Å². The van der Waals surface area contributed by atoms with E-state index in [1.165, 1.54) is 13.8 Å². The van der Waals surface area contributed by atoms with Crippen LogP contribution in [0.25, 0.3) is 0 Å². The number of halogens is 17. The molecule has 2 nitrogen and oxygen atoms in total. The van der Waals surface area contributed by atoms with Crippen LogP contribution in [0.2, 0.25) is 0 Å². The molecule has 1 heterocycles. The Kier molecular flexibility index (Phi) is 7.09. The van der Waals surface area contributed by atoms with Crippen LogP contribution in [-0.2, 0) is 12.6 Å². The molecule has 0 bridgehead atoms. The minimum atomic E-state index is -8.63. The third-order valence-corrected chi connectivity index (χ3v) is 4.30. The summed E-state index contributed by atoms with van der Waals surface area (Å²) in [5.74, 6) is -50.3. The van der Waals surface area contributed by atoms with Crippen molar-refractivity contribution in [1.82, 2.24) is 4.57 Å². The molecule has 0 unspecified atom stereocenters. The first-order valence-electron chi connectivity index (χ1n) is 8.43. The average Bonchev–Trinajstić information content (AvgIpc) is 3.08. The Morgan fingerprint density at radius 2 is 0.941 bits per heavy atom. The van der Waals surface area contributed by atoms with Gasteiger partial charge in [0.15, 0.2) is 0 Å². The smallest absolute Gasteiger partial charge is 0.236 e. The molecule has 0 saturated carbocycles. The molecule has 0 aromatic carbocycles. The van der Waals surface area contributed by atoms with Crippen LogP contribution < -0.4 is 4.57 Å². The highest BCUT2D eigenvalue weighted by Crippen LogP contribution is 2.64. The van der Waals surface area contributed by atoms with Gasteiger partial charge in [0.1, 0.15) is 12.4 Å². The summed E-state index contributed by atoms with van der Waals surface area (Å²) in [6.45, 7) is 2.60. The molecule has 0 N–H and O–H groups in total. The molecule has 0 fully saturated rings. The predicted octanol–water partition coefficient (Wildman–Crippen LogP) is 6.36. The summed E-state index contributed by atoms with van der Waals surface area (Å²) in [6.07, 6.45) is -7.48. The Hall–Kier alpha value is -1.98. The van der Waals surface area contributed by atoms with Crippen LogP contribution in [0.15, 0.2) is 18.7 Å². The summed E-state index contributed by atoms with van der Waals surface area (Å²) in [5, 5.41) is 0. The van der Waals surface area contributed by atoms with E-state index in [4.69, 9.17) is 0 Å². The molecule has 0 saturated heterocycles. The molecule has 0 aliphatic rings. The van der Waals surface area contributed by atoms with E-state index in [9.17, 15) is 74.6 Å². The van der Waals surface area contributed by atoms with E-state index in [1.807, 2.05) is 0 Å². The summed E-state index contributed by atoms with van der Waals surface area (Å²) in [5.41, 5.74) is 0. The monoisotopic (exact) mass is 543 g/mol. The van der Waals surface area contributed by atoms with Crippen LogP contribution in [0.1, 0.15) is 13.8 Å². The van der Waals surface area contributed by atoms with E-state index in [-0.39, 0.29) is 19.1 Å². The van der Waals surface area contributed by atoms with Crippen molar-refractivity contribution in [3.63, 3.8) is 0 Å². The van der Waals surface area contributed by atoms with Crippen LogP contribution >= 0.6 is 0 Å². The van der Waals surface area contributed by atoms with Crippen molar-refractivity contribution in [3.8, 4) is 0 Å². The average molecular weight is 543 g/mol. The zero-order valence-electron chi connectivity index (χ0n) is 16.3. The molecule has 0 aliphatic carbocycles. The van der Waals surface area contributed by atoms with Crippen molar-refractivity contribution < 1.29 is 79.2 Å². The number of hydrogen-bond donors (Lipinski definition) is 0. The fraction of sp³-hybridized carbons (Fsp3) is 0.800. The summed E-state index contributed by atoms with van der Waals surface area (Å²) in [4.78, 5) is 0. The number of alkyl halides is 17. The van der Waals surface area contributed by atoms with Crippen LogP contribution in [-0.4, -0.2) is 46.3 Å². The lowest BCUT2D eigenvalue weighted by molar-refractivity contribution is -0.702. The van der Waals surface area contributed by atoms with Gasteiger partial charge in [0, 0.05) is 0 Å². The molecule has 1 aromatic rings. The largest absolute Gasteiger partial charge is 0.469 e. The second-order valence-electron chi connectivity index (χ2n) is 7.40. The maximum absolute atomic E-state index is 14.0. The molecule has 19 heteroatoms. The molecule has 0 spiro atoms. The Bertz CT molecular complexity index is 865. The van der Waals surface area contributed by atoms with Crippen molar-refractivity contribution in [2.45, 2.75) is 68.2 Å². The quantitative estimate of drug-likeness (QED) is 0.254. The Labute approximate surface area is 177 Å². The van der Waals surface area contributed by atoms with Crippen LogP contribution in [0.3, 0.4) is 0 Å². The zero-order valence-corrected chi connectivity index (χ0v) is 16.3. The van der Waals surface area contributed by atoms with Gasteiger partial charge in [0.05, 0.1) is 6.54 Å². The van der Waals surface area contributed by atoms with E-state index in [0.29, 0.717) is 10.8 Å². The van der Waals surface area contributed by atoms with E-state index >= 15 is 0 Å². The number of aromatic nitrogens is 2. The van der Waals surface area contributed by atoms with Crippen molar-refractivity contribution in [2.24, 2.45) is 5.92 Å². The van der Waals surface area contributed by atoms with Gasteiger partial charge in [-0.2, -0.15) is 79.2 Å². The van der Waals surface area contributed by atoms with Gasteiger partial charge < -0.3 is 0 Å². The molecular formula is C15H12F17N2+. The summed E-state index contributed by atoms with van der Waals surface area (Å²) >= 11 is 0. The third-order valence-electron chi connectivity index (χ3n) is 4.30. The van der Waals surface area contributed by atoms with Gasteiger partial charge in [-0.3, -0.25) is 0 Å². The van der Waals surface area contributed by atoms with Crippen LogP contribution in [0.5, 0.6) is 0 Å². The van der Waals surface area contributed by atoms with Crippen molar-refractivity contribution >= 4 is 0 Å². The van der Waals surface area contributed by atoms with Gasteiger partial charge in [-0.15, -0.1) is 0 Å². The first-order valence-corrected chi connectivity index (χ1v) is 8.43. The number of rotatable bonds is 9. The Balaban J connectivity index is 3.64. The lowest BCUT2D eigenvalue weighted by atomic mass is 9.90. The van der Waals surface area contributed by atoms with Crippen LogP contribution in [0.4, 0.5) is 74.6 Å². The fourth-order valence-corrected chi connectivity index (χ4v) is 2.41. The number of nitrogens with zero attached hydrogens (tertiary/aromatic N) is 2. The molecule has 0 atom stereocenters. The van der Waals surface area contributed by atoms with Gasteiger partial charge in [0.25, 0.3) is 0 Å². The van der Waals surface area contributed by atoms with Gasteiger partial charge in [-0.25, -0.2) is 4.57 Å². The maximum atomic E-state index is 14.0. The zero-order chi connectivity index (χ0) is 27.6. The predicted molar refractivity (Wildman–Crippen MR) is 75.4 cm³/mol. The molecule has 0 aliphatic heterocycles. The molecular weight excluding hydrogens is 531 g/mol. The Morgan fingerprint density at radius 3 is 1.29 bits per heavy atom. The normalized spacial score (nSPS) is 15.9. The third kappa shape index (κ3) is 3.95. The topological polar surface area (TPSA) is 8.81 Å². The highest BCUT2D eigenvalue weighted by Gasteiger charge is 2.96. The van der Waals surface area contributed by atoms with E-state index < -0.39 is 58.2 Å². The highest BCUT2D eigenvalue weighted by molar-refractivity contribution is 5.14. The molecule has 1 rings (SSSR count). The second-order valence-corrected chi connectivity index (χ2v) is 7.40. The molecule has 34 heavy (non-hydrogen) atoms. The number of hydrogen-bond acceptors (Lipinski definition) is 0. The van der Waals surface area contributed by atoms with Crippen molar-refractivity contribution in [2.75, 3.05) is 0 Å². The van der Waals surface area contributed by atoms with Crippen molar-refractivity contribution in [3.05, 3.63) is 18.7 Å². The number of imidazole rings is 1. The summed E-state index contributed by atoms with van der Waals surface area (Å²) in [7, 11) is 0. The van der Waals surface area contributed by atoms with E-state index in [1.54, 1.807) is 0 Å². The maximum Gasteiger partial charge on any atom is 0.469 e. The molecule has 0 amide bonds. The first-order chi connectivity index (χ1) is 14.6. The standard InChI is InChI=1S/C15H12F17N2/c1-7(2)5-33-3-4-34(6-33)15(31,32)13(26,27)11(22,23)9(18,19)8(16,17)10(20,21)12(24,25)14(28,29)30/h3-4,6-7H,5H2,1-2H3/q+1.